The van der Waals surface area contributed by atoms with Crippen molar-refractivity contribution in [2.75, 3.05) is 12.4 Å². The number of amides is 3. The van der Waals surface area contributed by atoms with Gasteiger partial charge in [0.15, 0.2) is 0 Å². The number of hydrogen-bond acceptors (Lipinski definition) is 3. The van der Waals surface area contributed by atoms with E-state index < -0.39 is 12.0 Å². The number of carbonyl (C=O) groups is 3. The van der Waals surface area contributed by atoms with Crippen molar-refractivity contribution in [1.82, 2.24) is 4.90 Å². The predicted octanol–water partition coefficient (Wildman–Crippen LogP) is 2.80. The van der Waals surface area contributed by atoms with Gasteiger partial charge >= 0.3 is 6.09 Å². The lowest BCUT2D eigenvalue weighted by molar-refractivity contribution is 0.0781. The maximum atomic E-state index is 12.1. The van der Waals surface area contributed by atoms with Crippen LogP contribution in [-0.2, 0) is 0 Å². The molecular weight excluding hydrogens is 296 g/mol. The smallest absolute Gasteiger partial charge is 0.414 e. The summed E-state index contributed by atoms with van der Waals surface area (Å²) in [6.45, 7) is 1.92. The first-order valence-electron chi connectivity index (χ1n) is 6.78. The van der Waals surface area contributed by atoms with E-state index in [0.717, 1.165) is 12.6 Å². The van der Waals surface area contributed by atoms with Crippen molar-refractivity contribution in [1.29, 1.82) is 0 Å². The summed E-state index contributed by atoms with van der Waals surface area (Å²) in [7, 11) is 1.15. The highest BCUT2D eigenvalue weighted by Crippen LogP contribution is 2.14. The quantitative estimate of drug-likeness (QED) is 0.912. The summed E-state index contributed by atoms with van der Waals surface area (Å²) in [6.07, 6.45) is -1.36. The molecule has 2 aromatic rings. The minimum Gasteiger partial charge on any atom is -0.465 e. The summed E-state index contributed by atoms with van der Waals surface area (Å²) in [5, 5.41) is 11.5. The number of carbonyl (C=O) groups excluding carboxylic acids is 2. The topological polar surface area (TPSA) is 86.7 Å². The van der Waals surface area contributed by atoms with E-state index in [0.29, 0.717) is 16.2 Å². The van der Waals surface area contributed by atoms with Crippen LogP contribution in [0.2, 0.25) is 0 Å². The number of carboxylic acid groups (broad SMARTS) is 1. The molecule has 3 amide bonds. The number of nitrogens with one attached hydrogen (secondary N) is 1. The average Bonchev–Trinajstić information content (AvgIpc) is 2.54. The first-order chi connectivity index (χ1) is 10.9. The van der Waals surface area contributed by atoms with Gasteiger partial charge in [0.1, 0.15) is 0 Å². The van der Waals surface area contributed by atoms with E-state index >= 15 is 0 Å². The third kappa shape index (κ3) is 3.94. The lowest BCUT2D eigenvalue weighted by Gasteiger charge is -2.12. The summed E-state index contributed by atoms with van der Waals surface area (Å²) >= 11 is 0. The van der Waals surface area contributed by atoms with E-state index in [1.807, 2.05) is 19.1 Å². The Balaban J connectivity index is 2.17. The molecule has 23 heavy (non-hydrogen) atoms. The molecule has 0 fully saturated rings. The first kappa shape index (κ1) is 16.2. The van der Waals surface area contributed by atoms with Crippen molar-refractivity contribution in [2.24, 2.45) is 0 Å². The number of anilines is 1. The van der Waals surface area contributed by atoms with Crippen LogP contribution in [0.25, 0.3) is 0 Å². The van der Waals surface area contributed by atoms with Gasteiger partial charge in [0, 0.05) is 23.9 Å². The van der Waals surface area contributed by atoms with Crippen molar-refractivity contribution < 1.29 is 19.5 Å². The van der Waals surface area contributed by atoms with Crippen LogP contribution in [-0.4, -0.2) is 35.0 Å². The van der Waals surface area contributed by atoms with Crippen LogP contribution in [0, 0.1) is 13.0 Å². The molecule has 2 rings (SSSR count). The summed E-state index contributed by atoms with van der Waals surface area (Å²) < 4.78 is 0. The van der Waals surface area contributed by atoms with Gasteiger partial charge in [-0.3, -0.25) is 9.59 Å². The van der Waals surface area contributed by atoms with E-state index in [1.165, 1.54) is 18.2 Å². The monoisotopic (exact) mass is 311 g/mol. The second-order valence-corrected chi connectivity index (χ2v) is 4.98. The van der Waals surface area contributed by atoms with Crippen LogP contribution < -0.4 is 5.32 Å². The molecule has 0 bridgehead atoms. The molecule has 0 atom stereocenters. The highest BCUT2D eigenvalue weighted by molar-refractivity contribution is 6.06. The third-order valence-corrected chi connectivity index (χ3v) is 3.20. The van der Waals surface area contributed by atoms with Gasteiger partial charge in [-0.15, -0.1) is 0 Å². The Bertz CT molecular complexity index is 753. The summed E-state index contributed by atoms with van der Waals surface area (Å²) in [6, 6.07) is 14.0. The molecule has 117 valence electrons. The second-order valence-electron chi connectivity index (χ2n) is 4.98. The van der Waals surface area contributed by atoms with E-state index in [4.69, 9.17) is 5.11 Å². The van der Waals surface area contributed by atoms with Gasteiger partial charge in [-0.1, -0.05) is 17.7 Å². The number of nitrogens with zero attached hydrogens (tertiary/aromatic N) is 1. The van der Waals surface area contributed by atoms with Gasteiger partial charge in [0.25, 0.3) is 11.8 Å². The van der Waals surface area contributed by atoms with E-state index in [9.17, 15) is 14.4 Å². The summed E-state index contributed by atoms with van der Waals surface area (Å²) in [4.78, 5) is 35.5. The number of imide groups is 1. The Morgan fingerprint density at radius 2 is 1.74 bits per heavy atom. The average molecular weight is 311 g/mol. The van der Waals surface area contributed by atoms with Crippen molar-refractivity contribution in [3.05, 3.63) is 65.2 Å². The Labute approximate surface area is 133 Å². The molecule has 0 aliphatic heterocycles. The molecule has 6 nitrogen and oxygen atoms in total. The Kier molecular flexibility index (Phi) is 4.75. The van der Waals surface area contributed by atoms with Crippen LogP contribution in [0.15, 0.2) is 42.5 Å². The summed E-state index contributed by atoms with van der Waals surface area (Å²) in [5.74, 6) is -1.02. The van der Waals surface area contributed by atoms with Crippen LogP contribution in [0.3, 0.4) is 0 Å². The van der Waals surface area contributed by atoms with Gasteiger partial charge in [-0.2, -0.15) is 0 Å². The second kappa shape index (κ2) is 6.74. The van der Waals surface area contributed by atoms with E-state index in [2.05, 4.69) is 11.4 Å². The molecule has 2 aromatic carbocycles. The third-order valence-electron chi connectivity index (χ3n) is 3.20. The minimum atomic E-state index is -1.36. The predicted molar refractivity (Wildman–Crippen MR) is 84.5 cm³/mol. The molecular formula is C17H15N2O4. The van der Waals surface area contributed by atoms with Crippen LogP contribution in [0.5, 0.6) is 0 Å². The van der Waals surface area contributed by atoms with Gasteiger partial charge in [-0.25, -0.2) is 9.69 Å². The molecule has 1 radical (unpaired) electrons. The van der Waals surface area contributed by atoms with Crippen LogP contribution in [0.1, 0.15) is 26.3 Å². The standard InChI is InChI=1S/C17H15N2O4/c1-11-6-8-12(9-7-11)15(20)18-14-5-3-4-13(10-14)16(21)19(2)17(22)23/h4-10H,1-2H3,(H,18,20)(H,22,23). The van der Waals surface area contributed by atoms with Crippen molar-refractivity contribution >= 4 is 23.6 Å². The molecule has 0 heterocycles. The maximum Gasteiger partial charge on any atom is 0.414 e. The van der Waals surface area contributed by atoms with E-state index in [-0.39, 0.29) is 11.5 Å². The fourth-order valence-electron chi connectivity index (χ4n) is 1.86. The van der Waals surface area contributed by atoms with E-state index in [1.54, 1.807) is 12.1 Å². The molecule has 0 unspecified atom stereocenters. The Morgan fingerprint density at radius 3 is 2.35 bits per heavy atom. The number of aryl methyl sites for hydroxylation is 1. The van der Waals surface area contributed by atoms with Gasteiger partial charge in [0.2, 0.25) is 0 Å². The minimum absolute atomic E-state index is 0.122. The molecule has 0 aliphatic rings. The molecule has 0 spiro atoms. The number of benzene rings is 2. The SMILES string of the molecule is Cc1ccc(C(=O)Nc2c[c]cc(C(=O)N(C)C(=O)O)c2)cc1. The molecule has 0 saturated heterocycles. The molecule has 0 saturated carbocycles. The Morgan fingerprint density at radius 1 is 1.09 bits per heavy atom. The number of hydrogen-bond donors (Lipinski definition) is 2. The maximum absolute atomic E-state index is 12.1. The fraction of sp³-hybridized carbons (Fsp3) is 0.118. The van der Waals surface area contributed by atoms with Crippen molar-refractivity contribution in [2.45, 2.75) is 6.92 Å². The lowest BCUT2D eigenvalue weighted by Crippen LogP contribution is -2.31. The van der Waals surface area contributed by atoms with Crippen LogP contribution >= 0.6 is 0 Å². The highest BCUT2D eigenvalue weighted by atomic mass is 16.4. The summed E-state index contributed by atoms with van der Waals surface area (Å²) in [5.41, 5.74) is 2.01. The zero-order valence-electron chi connectivity index (χ0n) is 12.7. The highest BCUT2D eigenvalue weighted by Gasteiger charge is 2.18. The first-order valence-corrected chi connectivity index (χ1v) is 6.78. The van der Waals surface area contributed by atoms with Gasteiger partial charge in [0.05, 0.1) is 0 Å². The zero-order chi connectivity index (χ0) is 17.0. The fourth-order valence-corrected chi connectivity index (χ4v) is 1.86. The van der Waals surface area contributed by atoms with Gasteiger partial charge in [-0.05, 0) is 43.3 Å². The van der Waals surface area contributed by atoms with Crippen molar-refractivity contribution in [3.8, 4) is 0 Å². The normalized spacial score (nSPS) is 10.0. The molecule has 0 aromatic heterocycles. The molecule has 0 aliphatic carbocycles. The zero-order valence-corrected chi connectivity index (χ0v) is 12.7. The number of rotatable bonds is 3. The lowest BCUT2D eigenvalue weighted by atomic mass is 10.1. The van der Waals surface area contributed by atoms with Crippen molar-refractivity contribution in [3.63, 3.8) is 0 Å². The largest absolute Gasteiger partial charge is 0.465 e. The van der Waals surface area contributed by atoms with Crippen LogP contribution in [0.4, 0.5) is 10.5 Å². The van der Waals surface area contributed by atoms with Gasteiger partial charge < -0.3 is 10.4 Å². The molecule has 2 N–H and O–H groups in total. The molecule has 6 heteroatoms. The Hall–Kier alpha value is -3.15.